The number of nitrogens with one attached hydrogen (secondary N) is 1. The van der Waals surface area contributed by atoms with E-state index in [2.05, 4.69) is 21.2 Å². The minimum Gasteiger partial charge on any atom is -0.386 e. The van der Waals surface area contributed by atoms with E-state index in [-0.39, 0.29) is 18.0 Å². The fourth-order valence-electron chi connectivity index (χ4n) is 2.29. The molecule has 1 aliphatic rings. The van der Waals surface area contributed by atoms with Gasteiger partial charge in [-0.2, -0.15) is 0 Å². The number of aliphatic hydroxyl groups is 1. The molecule has 0 aliphatic carbocycles. The van der Waals surface area contributed by atoms with E-state index in [9.17, 15) is 9.50 Å². The van der Waals surface area contributed by atoms with Gasteiger partial charge in [0.1, 0.15) is 11.4 Å². The van der Waals surface area contributed by atoms with Crippen LogP contribution in [0.4, 0.5) is 4.39 Å². The van der Waals surface area contributed by atoms with Crippen LogP contribution in [0.3, 0.4) is 0 Å². The summed E-state index contributed by atoms with van der Waals surface area (Å²) in [6.45, 7) is 4.70. The zero-order valence-corrected chi connectivity index (χ0v) is 12.7. The maximum Gasteiger partial charge on any atom is 0.128 e. The molecule has 2 rings (SSSR count). The molecule has 1 aromatic rings. The second kappa shape index (κ2) is 5.87. The standard InChI is InChI=1S/C14H19BrFNO2/c1-9(12-7-11(15)3-4-13(12)16)17-8-14(18)5-6-19-10(14)2/h3-4,7,9-10,17-18H,5-6,8H2,1-2H3. The van der Waals surface area contributed by atoms with Gasteiger partial charge in [0.2, 0.25) is 0 Å². The minimum atomic E-state index is -0.864. The summed E-state index contributed by atoms with van der Waals surface area (Å²) in [4.78, 5) is 0. The lowest BCUT2D eigenvalue weighted by Gasteiger charge is -2.28. The number of benzene rings is 1. The fourth-order valence-corrected chi connectivity index (χ4v) is 2.67. The van der Waals surface area contributed by atoms with Gasteiger partial charge < -0.3 is 15.2 Å². The molecular weight excluding hydrogens is 313 g/mol. The van der Waals surface area contributed by atoms with Gasteiger partial charge in [0.05, 0.1) is 6.10 Å². The minimum absolute atomic E-state index is 0.172. The first kappa shape index (κ1) is 14.9. The van der Waals surface area contributed by atoms with Gasteiger partial charge in [0.15, 0.2) is 0 Å². The number of halogens is 2. The molecule has 3 unspecified atom stereocenters. The fraction of sp³-hybridized carbons (Fsp3) is 0.571. The van der Waals surface area contributed by atoms with Crippen molar-refractivity contribution < 1.29 is 14.2 Å². The SMILES string of the molecule is CC(NCC1(O)CCOC1C)c1cc(Br)ccc1F. The number of hydrogen-bond donors (Lipinski definition) is 2. The Kier molecular flexibility index (Phi) is 4.61. The Morgan fingerprint density at radius 3 is 3.00 bits per heavy atom. The van der Waals surface area contributed by atoms with Crippen LogP contribution in [-0.4, -0.2) is 30.0 Å². The summed E-state index contributed by atoms with van der Waals surface area (Å²) in [6.07, 6.45) is 0.411. The Morgan fingerprint density at radius 1 is 1.63 bits per heavy atom. The molecule has 0 aromatic heterocycles. The van der Waals surface area contributed by atoms with Gasteiger partial charge in [-0.15, -0.1) is 0 Å². The molecule has 0 radical (unpaired) electrons. The lowest BCUT2D eigenvalue weighted by atomic mass is 9.96. The molecule has 1 aromatic carbocycles. The molecule has 1 aliphatic heterocycles. The van der Waals surface area contributed by atoms with E-state index in [4.69, 9.17) is 4.74 Å². The van der Waals surface area contributed by atoms with Crippen molar-refractivity contribution in [2.24, 2.45) is 0 Å². The van der Waals surface area contributed by atoms with Crippen molar-refractivity contribution >= 4 is 15.9 Å². The summed E-state index contributed by atoms with van der Waals surface area (Å²) in [6, 6.07) is 4.69. The van der Waals surface area contributed by atoms with Crippen molar-refractivity contribution in [2.75, 3.05) is 13.2 Å². The van der Waals surface area contributed by atoms with Crippen LogP contribution >= 0.6 is 15.9 Å². The molecule has 19 heavy (non-hydrogen) atoms. The van der Waals surface area contributed by atoms with E-state index < -0.39 is 5.60 Å². The lowest BCUT2D eigenvalue weighted by Crippen LogP contribution is -2.46. The van der Waals surface area contributed by atoms with Crippen LogP contribution in [0.2, 0.25) is 0 Å². The molecule has 1 fully saturated rings. The maximum atomic E-state index is 13.7. The smallest absolute Gasteiger partial charge is 0.128 e. The molecule has 0 amide bonds. The molecule has 1 saturated heterocycles. The summed E-state index contributed by atoms with van der Waals surface area (Å²) in [5.74, 6) is -0.245. The first-order valence-corrected chi connectivity index (χ1v) is 7.24. The van der Waals surface area contributed by atoms with Crippen LogP contribution in [0.25, 0.3) is 0 Å². The van der Waals surface area contributed by atoms with Crippen LogP contribution < -0.4 is 5.32 Å². The number of rotatable bonds is 4. The highest BCUT2D eigenvalue weighted by molar-refractivity contribution is 9.10. The van der Waals surface area contributed by atoms with E-state index in [1.807, 2.05) is 13.8 Å². The number of hydrogen-bond acceptors (Lipinski definition) is 3. The van der Waals surface area contributed by atoms with Crippen molar-refractivity contribution in [3.8, 4) is 0 Å². The average molecular weight is 332 g/mol. The molecule has 0 bridgehead atoms. The third-order valence-electron chi connectivity index (χ3n) is 3.80. The Hall–Kier alpha value is -0.490. The largest absolute Gasteiger partial charge is 0.386 e. The van der Waals surface area contributed by atoms with E-state index in [0.29, 0.717) is 25.1 Å². The summed E-state index contributed by atoms with van der Waals surface area (Å²) in [7, 11) is 0. The van der Waals surface area contributed by atoms with Crippen LogP contribution in [0.5, 0.6) is 0 Å². The molecule has 5 heteroatoms. The highest BCUT2D eigenvalue weighted by Gasteiger charge is 2.39. The second-order valence-corrected chi connectivity index (χ2v) is 6.05. The predicted molar refractivity (Wildman–Crippen MR) is 75.5 cm³/mol. The predicted octanol–water partition coefficient (Wildman–Crippen LogP) is 2.78. The van der Waals surface area contributed by atoms with Gasteiger partial charge >= 0.3 is 0 Å². The van der Waals surface area contributed by atoms with Crippen LogP contribution in [0.15, 0.2) is 22.7 Å². The van der Waals surface area contributed by atoms with E-state index in [1.165, 1.54) is 6.07 Å². The van der Waals surface area contributed by atoms with Crippen LogP contribution in [-0.2, 0) is 4.74 Å². The molecule has 3 nitrogen and oxygen atoms in total. The van der Waals surface area contributed by atoms with E-state index in [1.54, 1.807) is 12.1 Å². The first-order chi connectivity index (χ1) is 8.92. The molecule has 1 heterocycles. The molecule has 3 atom stereocenters. The third-order valence-corrected chi connectivity index (χ3v) is 4.29. The number of ether oxygens (including phenoxy) is 1. The molecule has 2 N–H and O–H groups in total. The Balaban J connectivity index is 2.01. The zero-order chi connectivity index (χ0) is 14.0. The molecular formula is C14H19BrFNO2. The second-order valence-electron chi connectivity index (χ2n) is 5.14. The van der Waals surface area contributed by atoms with E-state index in [0.717, 1.165) is 4.47 Å². The average Bonchev–Trinajstić information content (AvgIpc) is 2.70. The Bertz CT molecular complexity index is 457. The third kappa shape index (κ3) is 3.34. The zero-order valence-electron chi connectivity index (χ0n) is 11.1. The Morgan fingerprint density at radius 2 is 2.37 bits per heavy atom. The van der Waals surface area contributed by atoms with Crippen molar-refractivity contribution in [3.63, 3.8) is 0 Å². The quantitative estimate of drug-likeness (QED) is 0.891. The van der Waals surface area contributed by atoms with Crippen molar-refractivity contribution in [3.05, 3.63) is 34.1 Å². The van der Waals surface area contributed by atoms with Crippen molar-refractivity contribution in [2.45, 2.75) is 38.0 Å². The summed E-state index contributed by atoms with van der Waals surface area (Å²) >= 11 is 3.34. The molecule has 0 saturated carbocycles. The van der Waals surface area contributed by atoms with Gasteiger partial charge in [-0.25, -0.2) is 4.39 Å². The van der Waals surface area contributed by atoms with Gasteiger partial charge in [-0.1, -0.05) is 15.9 Å². The summed E-state index contributed by atoms with van der Waals surface area (Å²) in [5.41, 5.74) is -0.277. The van der Waals surface area contributed by atoms with Gasteiger partial charge in [0.25, 0.3) is 0 Å². The topological polar surface area (TPSA) is 41.5 Å². The van der Waals surface area contributed by atoms with Crippen LogP contribution in [0.1, 0.15) is 31.9 Å². The molecule has 106 valence electrons. The summed E-state index contributed by atoms with van der Waals surface area (Å²) in [5, 5.41) is 13.6. The van der Waals surface area contributed by atoms with Crippen molar-refractivity contribution in [1.82, 2.24) is 5.32 Å². The first-order valence-electron chi connectivity index (χ1n) is 6.45. The van der Waals surface area contributed by atoms with Crippen molar-refractivity contribution in [1.29, 1.82) is 0 Å². The van der Waals surface area contributed by atoms with Gasteiger partial charge in [-0.05, 0) is 32.0 Å². The molecule has 0 spiro atoms. The monoisotopic (exact) mass is 331 g/mol. The Labute approximate surface area is 121 Å². The van der Waals surface area contributed by atoms with Gasteiger partial charge in [-0.3, -0.25) is 0 Å². The lowest BCUT2D eigenvalue weighted by molar-refractivity contribution is -0.0274. The normalized spacial score (nSPS) is 28.6. The summed E-state index contributed by atoms with van der Waals surface area (Å²) < 4.78 is 20.0. The maximum absolute atomic E-state index is 13.7. The highest BCUT2D eigenvalue weighted by Crippen LogP contribution is 2.27. The van der Waals surface area contributed by atoms with Gasteiger partial charge in [0, 0.05) is 35.7 Å². The highest BCUT2D eigenvalue weighted by atomic mass is 79.9. The van der Waals surface area contributed by atoms with E-state index >= 15 is 0 Å². The van der Waals surface area contributed by atoms with Crippen LogP contribution in [0, 0.1) is 5.82 Å².